The number of aryl methyl sites for hydroxylation is 1. The number of hydrogen-bond donors (Lipinski definition) is 2. The fourth-order valence-corrected chi connectivity index (χ4v) is 0.804. The van der Waals surface area contributed by atoms with Gasteiger partial charge in [-0.15, -0.1) is 0 Å². The van der Waals surface area contributed by atoms with Crippen LogP contribution in [0.4, 0.5) is 0 Å². The van der Waals surface area contributed by atoms with Crippen LogP contribution in [0, 0.1) is 6.92 Å². The number of nitrogens with two attached hydrogens (primary N) is 1. The first-order valence-corrected chi connectivity index (χ1v) is 3.67. The summed E-state index contributed by atoms with van der Waals surface area (Å²) in [5.41, 5.74) is 10.0. The molecular formula is C8H12N4. The topological polar surface area (TPSA) is 63.3 Å². The molecule has 4 heteroatoms. The Morgan fingerprint density at radius 1 is 1.58 bits per heavy atom. The number of rotatable bonds is 2. The van der Waals surface area contributed by atoms with Crippen molar-refractivity contribution in [3.8, 4) is 0 Å². The lowest BCUT2D eigenvalue weighted by atomic mass is 10.2. The van der Waals surface area contributed by atoms with Crippen molar-refractivity contribution < 1.29 is 0 Å². The van der Waals surface area contributed by atoms with Crippen molar-refractivity contribution in [1.29, 1.82) is 0 Å². The molecule has 0 bridgehead atoms. The second-order valence-corrected chi connectivity index (χ2v) is 2.41. The molecule has 0 aliphatic carbocycles. The van der Waals surface area contributed by atoms with Gasteiger partial charge in [0.1, 0.15) is 0 Å². The summed E-state index contributed by atoms with van der Waals surface area (Å²) in [6.07, 6.45) is 1.70. The molecule has 0 radical (unpaired) electrons. The third-order valence-corrected chi connectivity index (χ3v) is 1.44. The maximum atomic E-state index is 5.60. The molecule has 0 fully saturated rings. The highest BCUT2D eigenvalue weighted by Gasteiger charge is 1.96. The average Bonchev–Trinajstić information content (AvgIpc) is 2.06. The molecule has 0 aliphatic heterocycles. The summed E-state index contributed by atoms with van der Waals surface area (Å²) < 4.78 is 0. The van der Waals surface area contributed by atoms with Gasteiger partial charge in [-0.05, 0) is 19.1 Å². The maximum Gasteiger partial charge on any atom is 0.152 e. The minimum Gasteiger partial charge on any atom is -0.382 e. The van der Waals surface area contributed by atoms with Gasteiger partial charge < -0.3 is 11.2 Å². The molecule has 3 N–H and O–H groups in total. The lowest BCUT2D eigenvalue weighted by Gasteiger charge is -1.99. The molecule has 4 nitrogen and oxygen atoms in total. The maximum absolute atomic E-state index is 5.60. The van der Waals surface area contributed by atoms with Gasteiger partial charge in [-0.3, -0.25) is 4.98 Å². The zero-order valence-electron chi connectivity index (χ0n) is 7.20. The highest BCUT2D eigenvalue weighted by molar-refractivity contribution is 5.96. The van der Waals surface area contributed by atoms with Crippen LogP contribution in [0.2, 0.25) is 0 Å². The Morgan fingerprint density at radius 3 is 2.83 bits per heavy atom. The quantitative estimate of drug-likeness (QED) is 0.373. The largest absolute Gasteiger partial charge is 0.382 e. The summed E-state index contributed by atoms with van der Waals surface area (Å²) in [6.45, 7) is 1.93. The molecule has 0 spiro atoms. The normalized spacial score (nSPS) is 11.3. The first kappa shape index (κ1) is 8.52. The van der Waals surface area contributed by atoms with Gasteiger partial charge >= 0.3 is 0 Å². The zero-order chi connectivity index (χ0) is 8.97. The Balaban J connectivity index is 2.89. The van der Waals surface area contributed by atoms with E-state index in [1.54, 1.807) is 13.2 Å². The van der Waals surface area contributed by atoms with Crippen LogP contribution < -0.4 is 11.2 Å². The van der Waals surface area contributed by atoms with Gasteiger partial charge in [0.05, 0.1) is 0 Å². The highest BCUT2D eigenvalue weighted by Crippen LogP contribution is 1.97. The van der Waals surface area contributed by atoms with E-state index in [-0.39, 0.29) is 0 Å². The van der Waals surface area contributed by atoms with Crippen LogP contribution >= 0.6 is 0 Å². The second-order valence-electron chi connectivity index (χ2n) is 2.41. The fraction of sp³-hybridized carbons (Fsp3) is 0.250. The van der Waals surface area contributed by atoms with Gasteiger partial charge in [0, 0.05) is 24.5 Å². The van der Waals surface area contributed by atoms with Crippen molar-refractivity contribution in [3.05, 3.63) is 29.6 Å². The van der Waals surface area contributed by atoms with Gasteiger partial charge in [-0.25, -0.2) is 0 Å². The molecule has 0 atom stereocenters. The standard InChI is InChI=1S/C8H12N4/c1-6-3-4-7(5-11-6)8(9)12-10-2/h3-5,10H,1-2H3,(H2,9,12). The van der Waals surface area contributed by atoms with E-state index in [1.807, 2.05) is 19.1 Å². The van der Waals surface area contributed by atoms with Crippen LogP contribution in [-0.4, -0.2) is 17.9 Å². The van der Waals surface area contributed by atoms with Crippen molar-refractivity contribution in [3.63, 3.8) is 0 Å². The predicted octanol–water partition coefficient (Wildman–Crippen LogP) is 0.230. The second kappa shape index (κ2) is 3.71. The molecular weight excluding hydrogens is 152 g/mol. The Bertz CT molecular complexity index is 276. The van der Waals surface area contributed by atoms with Gasteiger partial charge in [0.15, 0.2) is 5.84 Å². The predicted molar refractivity (Wildman–Crippen MR) is 48.8 cm³/mol. The van der Waals surface area contributed by atoms with E-state index in [1.165, 1.54) is 0 Å². The van der Waals surface area contributed by atoms with Crippen LogP contribution in [0.3, 0.4) is 0 Å². The summed E-state index contributed by atoms with van der Waals surface area (Å²) in [7, 11) is 1.70. The monoisotopic (exact) mass is 164 g/mol. The Hall–Kier alpha value is -1.58. The Morgan fingerprint density at radius 2 is 2.33 bits per heavy atom. The fourth-order valence-electron chi connectivity index (χ4n) is 0.804. The summed E-state index contributed by atoms with van der Waals surface area (Å²) in [6, 6.07) is 3.78. The summed E-state index contributed by atoms with van der Waals surface area (Å²) in [4.78, 5) is 4.09. The first-order chi connectivity index (χ1) is 5.74. The molecule has 1 heterocycles. The van der Waals surface area contributed by atoms with Crippen LogP contribution in [0.1, 0.15) is 11.3 Å². The lowest BCUT2D eigenvalue weighted by molar-refractivity contribution is 0.897. The molecule has 12 heavy (non-hydrogen) atoms. The van der Waals surface area contributed by atoms with Crippen LogP contribution in [0.25, 0.3) is 0 Å². The zero-order valence-corrected chi connectivity index (χ0v) is 7.20. The van der Waals surface area contributed by atoms with E-state index >= 15 is 0 Å². The van der Waals surface area contributed by atoms with Crippen molar-refractivity contribution in [2.75, 3.05) is 7.05 Å². The van der Waals surface area contributed by atoms with Gasteiger partial charge in [-0.1, -0.05) is 0 Å². The molecule has 0 saturated heterocycles. The average molecular weight is 164 g/mol. The number of pyridine rings is 1. The first-order valence-electron chi connectivity index (χ1n) is 3.67. The van der Waals surface area contributed by atoms with Crippen LogP contribution in [0.15, 0.2) is 23.4 Å². The van der Waals surface area contributed by atoms with Gasteiger partial charge in [0.2, 0.25) is 0 Å². The minimum absolute atomic E-state index is 0.449. The van der Waals surface area contributed by atoms with E-state index in [4.69, 9.17) is 5.73 Å². The molecule has 1 aromatic rings. The SMILES string of the molecule is CN/N=C(\N)c1ccc(C)nc1. The molecule has 0 saturated carbocycles. The third-order valence-electron chi connectivity index (χ3n) is 1.44. The van der Waals surface area contributed by atoms with Crippen molar-refractivity contribution >= 4 is 5.84 Å². The Kier molecular flexibility index (Phi) is 2.63. The van der Waals surface area contributed by atoms with Crippen LogP contribution in [-0.2, 0) is 0 Å². The lowest BCUT2D eigenvalue weighted by Crippen LogP contribution is -2.17. The Labute approximate surface area is 71.5 Å². The number of hydrazone groups is 1. The number of nitrogens with zero attached hydrogens (tertiary/aromatic N) is 2. The van der Waals surface area contributed by atoms with Gasteiger partial charge in [-0.2, -0.15) is 5.10 Å². The molecule has 64 valence electrons. The molecule has 0 amide bonds. The number of aromatic nitrogens is 1. The highest BCUT2D eigenvalue weighted by atomic mass is 15.3. The molecule has 0 aliphatic rings. The van der Waals surface area contributed by atoms with E-state index in [2.05, 4.69) is 15.5 Å². The number of nitrogens with one attached hydrogen (secondary N) is 1. The smallest absolute Gasteiger partial charge is 0.152 e. The van der Waals surface area contributed by atoms with E-state index in [0.717, 1.165) is 11.3 Å². The van der Waals surface area contributed by atoms with E-state index < -0.39 is 0 Å². The van der Waals surface area contributed by atoms with Gasteiger partial charge in [0.25, 0.3) is 0 Å². The summed E-state index contributed by atoms with van der Waals surface area (Å²) in [5, 5.41) is 3.83. The molecule has 0 unspecified atom stereocenters. The van der Waals surface area contributed by atoms with Crippen molar-refractivity contribution in [2.24, 2.45) is 10.8 Å². The van der Waals surface area contributed by atoms with E-state index in [9.17, 15) is 0 Å². The molecule has 1 rings (SSSR count). The molecule has 0 aromatic carbocycles. The van der Waals surface area contributed by atoms with E-state index in [0.29, 0.717) is 5.84 Å². The molecule has 1 aromatic heterocycles. The number of hydrogen-bond acceptors (Lipinski definition) is 3. The minimum atomic E-state index is 0.449. The third kappa shape index (κ3) is 1.95. The van der Waals surface area contributed by atoms with Crippen LogP contribution in [0.5, 0.6) is 0 Å². The van der Waals surface area contributed by atoms with Crippen molar-refractivity contribution in [2.45, 2.75) is 6.92 Å². The van der Waals surface area contributed by atoms with Crippen molar-refractivity contribution in [1.82, 2.24) is 10.4 Å². The summed E-state index contributed by atoms with van der Waals surface area (Å²) in [5.74, 6) is 0.449. The summed E-state index contributed by atoms with van der Waals surface area (Å²) >= 11 is 0. The number of amidine groups is 1.